The summed E-state index contributed by atoms with van der Waals surface area (Å²) in [6.45, 7) is 5.19. The van der Waals surface area contributed by atoms with Gasteiger partial charge < -0.3 is 9.80 Å². The lowest BCUT2D eigenvalue weighted by atomic mass is 9.90. The number of β-lactam (4-membered cyclic amide) rings is 1. The van der Waals surface area contributed by atoms with Crippen LogP contribution >= 0.6 is 11.6 Å². The second kappa shape index (κ2) is 6.91. The van der Waals surface area contributed by atoms with Crippen molar-refractivity contribution in [1.82, 2.24) is 4.90 Å². The van der Waals surface area contributed by atoms with Gasteiger partial charge in [-0.25, -0.2) is 0 Å². The van der Waals surface area contributed by atoms with E-state index in [9.17, 15) is 4.79 Å². The highest BCUT2D eigenvalue weighted by molar-refractivity contribution is 6.33. The first-order valence-electron chi connectivity index (χ1n) is 8.52. The predicted molar refractivity (Wildman–Crippen MR) is 91.5 cm³/mol. The number of alkyl halides is 1. The van der Waals surface area contributed by atoms with Crippen LogP contribution in [0.5, 0.6) is 0 Å². The van der Waals surface area contributed by atoms with Gasteiger partial charge in [0.05, 0.1) is 6.04 Å². The van der Waals surface area contributed by atoms with E-state index in [1.54, 1.807) is 0 Å². The van der Waals surface area contributed by atoms with E-state index in [-0.39, 0.29) is 11.9 Å². The molecule has 2 saturated heterocycles. The highest BCUT2D eigenvalue weighted by atomic mass is 35.5. The van der Waals surface area contributed by atoms with Crippen LogP contribution in [0.25, 0.3) is 0 Å². The van der Waals surface area contributed by atoms with E-state index in [2.05, 4.69) is 36.1 Å². The van der Waals surface area contributed by atoms with Crippen molar-refractivity contribution in [2.45, 2.75) is 50.4 Å². The van der Waals surface area contributed by atoms with E-state index in [4.69, 9.17) is 11.6 Å². The molecule has 0 saturated carbocycles. The molecule has 2 heterocycles. The molecule has 1 aromatic rings. The second-order valence-electron chi connectivity index (χ2n) is 6.34. The van der Waals surface area contributed by atoms with E-state index in [1.165, 1.54) is 30.5 Å². The molecule has 2 fully saturated rings. The van der Waals surface area contributed by atoms with Crippen LogP contribution in [0.2, 0.25) is 0 Å². The Morgan fingerprint density at radius 1 is 1.18 bits per heavy atom. The summed E-state index contributed by atoms with van der Waals surface area (Å²) in [6, 6.07) is 8.53. The lowest BCUT2D eigenvalue weighted by Crippen LogP contribution is -2.56. The number of piperidine rings is 1. The quantitative estimate of drug-likeness (QED) is 0.605. The Morgan fingerprint density at radius 2 is 1.91 bits per heavy atom. The van der Waals surface area contributed by atoms with Gasteiger partial charge in [0, 0.05) is 25.3 Å². The third-order valence-electron chi connectivity index (χ3n) is 4.84. The van der Waals surface area contributed by atoms with Crippen molar-refractivity contribution in [3.63, 3.8) is 0 Å². The number of benzene rings is 1. The summed E-state index contributed by atoms with van der Waals surface area (Å²) in [7, 11) is 0. The Morgan fingerprint density at radius 3 is 2.64 bits per heavy atom. The Labute approximate surface area is 138 Å². The van der Waals surface area contributed by atoms with Crippen molar-refractivity contribution < 1.29 is 4.79 Å². The number of unbranched alkanes of at least 4 members (excludes halogenated alkanes) is 1. The molecule has 2 atom stereocenters. The topological polar surface area (TPSA) is 23.6 Å². The molecule has 3 nitrogen and oxygen atoms in total. The minimum absolute atomic E-state index is 0.0406. The number of hydrogen-bond donors (Lipinski definition) is 0. The molecule has 0 aromatic heterocycles. The first kappa shape index (κ1) is 15.7. The largest absolute Gasteiger partial charge is 0.371 e. The number of hydrogen-bond acceptors (Lipinski definition) is 2. The summed E-state index contributed by atoms with van der Waals surface area (Å²) in [5.74, 6) is 0.0913. The van der Waals surface area contributed by atoms with Crippen molar-refractivity contribution in [3.8, 4) is 0 Å². The minimum atomic E-state index is -0.400. The molecular weight excluding hydrogens is 296 g/mol. The molecule has 0 unspecified atom stereocenters. The molecule has 0 aliphatic carbocycles. The third-order valence-corrected chi connectivity index (χ3v) is 5.26. The zero-order chi connectivity index (χ0) is 15.5. The maximum atomic E-state index is 12.1. The number of carbonyl (C=O) groups is 1. The van der Waals surface area contributed by atoms with Crippen LogP contribution < -0.4 is 4.90 Å². The third kappa shape index (κ3) is 2.83. The zero-order valence-corrected chi connectivity index (χ0v) is 14.1. The molecule has 0 bridgehead atoms. The van der Waals surface area contributed by atoms with Crippen LogP contribution in [-0.4, -0.2) is 35.8 Å². The Hall–Kier alpha value is -1.22. The van der Waals surface area contributed by atoms with Crippen molar-refractivity contribution in [3.05, 3.63) is 29.8 Å². The summed E-state index contributed by atoms with van der Waals surface area (Å²) >= 11 is 6.37. The number of para-hydroxylation sites is 1. The van der Waals surface area contributed by atoms with Crippen LogP contribution in [0.3, 0.4) is 0 Å². The van der Waals surface area contributed by atoms with Gasteiger partial charge >= 0.3 is 0 Å². The summed E-state index contributed by atoms with van der Waals surface area (Å²) in [6.07, 6.45) is 5.96. The first-order chi connectivity index (χ1) is 10.7. The van der Waals surface area contributed by atoms with Crippen LogP contribution in [0, 0.1) is 0 Å². The molecule has 2 aliphatic heterocycles. The predicted octanol–water partition coefficient (Wildman–Crippen LogP) is 3.97. The van der Waals surface area contributed by atoms with E-state index >= 15 is 0 Å². The molecule has 3 rings (SSSR count). The van der Waals surface area contributed by atoms with Crippen LogP contribution in [0.15, 0.2) is 24.3 Å². The van der Waals surface area contributed by atoms with Crippen molar-refractivity contribution in [2.75, 3.05) is 24.5 Å². The van der Waals surface area contributed by atoms with Crippen LogP contribution in [0.4, 0.5) is 5.69 Å². The normalized spacial score (nSPS) is 25.3. The van der Waals surface area contributed by atoms with E-state index in [0.717, 1.165) is 32.5 Å². The summed E-state index contributed by atoms with van der Waals surface area (Å²) < 4.78 is 0. The summed E-state index contributed by atoms with van der Waals surface area (Å²) in [5.41, 5.74) is 2.49. The fraction of sp³-hybridized carbons (Fsp3) is 0.611. The van der Waals surface area contributed by atoms with Gasteiger partial charge in [-0.3, -0.25) is 4.79 Å². The maximum Gasteiger partial charge on any atom is 0.243 e. The number of amides is 1. The monoisotopic (exact) mass is 320 g/mol. The lowest BCUT2D eigenvalue weighted by Gasteiger charge is -2.46. The molecule has 2 aliphatic rings. The molecule has 0 spiro atoms. The molecule has 120 valence electrons. The average Bonchev–Trinajstić information content (AvgIpc) is 2.58. The SMILES string of the molecule is CCCCN1C(=O)[C@H](Cl)[C@H]1c1ccccc1N1CCCCC1. The summed E-state index contributed by atoms with van der Waals surface area (Å²) in [4.78, 5) is 16.5. The molecule has 22 heavy (non-hydrogen) atoms. The number of halogens is 1. The van der Waals surface area contributed by atoms with Crippen molar-refractivity contribution in [2.24, 2.45) is 0 Å². The molecule has 4 heteroatoms. The van der Waals surface area contributed by atoms with Gasteiger partial charge in [0.1, 0.15) is 5.38 Å². The van der Waals surface area contributed by atoms with Crippen LogP contribution in [-0.2, 0) is 4.79 Å². The van der Waals surface area contributed by atoms with Crippen molar-refractivity contribution in [1.29, 1.82) is 0 Å². The zero-order valence-electron chi connectivity index (χ0n) is 13.3. The molecule has 1 amide bonds. The molecular formula is C18H25ClN2O. The number of anilines is 1. The van der Waals surface area contributed by atoms with Gasteiger partial charge in [0.25, 0.3) is 0 Å². The molecule has 0 N–H and O–H groups in total. The Kier molecular flexibility index (Phi) is 4.92. The minimum Gasteiger partial charge on any atom is -0.371 e. The van der Waals surface area contributed by atoms with E-state index < -0.39 is 5.38 Å². The molecule has 1 aromatic carbocycles. The number of nitrogens with zero attached hydrogens (tertiary/aromatic N) is 2. The molecule has 0 radical (unpaired) electrons. The van der Waals surface area contributed by atoms with Gasteiger partial charge in [0.2, 0.25) is 5.91 Å². The lowest BCUT2D eigenvalue weighted by molar-refractivity contribution is -0.145. The Bertz CT molecular complexity index is 528. The van der Waals surface area contributed by atoms with E-state index in [1.807, 2.05) is 4.90 Å². The fourth-order valence-electron chi connectivity index (χ4n) is 3.57. The Balaban J connectivity index is 1.85. The smallest absolute Gasteiger partial charge is 0.243 e. The van der Waals surface area contributed by atoms with Gasteiger partial charge in [-0.05, 0) is 37.3 Å². The number of carbonyl (C=O) groups excluding carboxylic acids is 1. The average molecular weight is 321 g/mol. The highest BCUT2D eigenvalue weighted by Gasteiger charge is 2.47. The van der Waals surface area contributed by atoms with Crippen molar-refractivity contribution >= 4 is 23.2 Å². The van der Waals surface area contributed by atoms with Gasteiger partial charge in [0.15, 0.2) is 0 Å². The summed E-state index contributed by atoms with van der Waals surface area (Å²) in [5, 5.41) is -0.400. The van der Waals surface area contributed by atoms with Gasteiger partial charge in [-0.2, -0.15) is 0 Å². The highest BCUT2D eigenvalue weighted by Crippen LogP contribution is 2.42. The van der Waals surface area contributed by atoms with Crippen LogP contribution in [0.1, 0.15) is 50.6 Å². The van der Waals surface area contributed by atoms with Gasteiger partial charge in [-0.1, -0.05) is 31.5 Å². The fourth-order valence-corrected chi connectivity index (χ4v) is 3.97. The maximum absolute atomic E-state index is 12.1. The number of rotatable bonds is 5. The first-order valence-corrected chi connectivity index (χ1v) is 8.96. The second-order valence-corrected chi connectivity index (χ2v) is 6.81. The standard InChI is InChI=1S/C18H25ClN2O/c1-2-3-13-21-17(16(19)18(21)22)14-9-5-6-10-15(14)20-11-7-4-8-12-20/h5-6,9-10,16-17H,2-4,7-8,11-13H2,1H3/t16-,17-/m1/s1. The van der Waals surface area contributed by atoms with Gasteiger partial charge in [-0.15, -0.1) is 11.6 Å². The van der Waals surface area contributed by atoms with E-state index in [0.29, 0.717) is 0 Å². The number of likely N-dealkylation sites (tertiary alicyclic amines) is 1.